The average molecular weight is 484 g/mol. The highest BCUT2D eigenvalue weighted by Gasteiger charge is 2.14. The van der Waals surface area contributed by atoms with E-state index >= 15 is 0 Å². The number of methoxy groups -OCH3 is 1. The van der Waals surface area contributed by atoms with Gasteiger partial charge in [-0.05, 0) is 54.1 Å². The first kappa shape index (κ1) is 22.5. The second-order valence-electron chi connectivity index (χ2n) is 6.43. The molecule has 0 unspecified atom stereocenters. The molecule has 7 heteroatoms. The number of ether oxygens (including phenoxy) is 1. The Hall–Kier alpha value is -3.19. The van der Waals surface area contributed by atoms with Gasteiger partial charge in [-0.15, -0.1) is 0 Å². The molecule has 0 atom stereocenters. The number of benzene rings is 3. The van der Waals surface area contributed by atoms with Gasteiger partial charge in [0.2, 0.25) is 0 Å². The number of fused-ring (bicyclic) bond motifs is 1. The zero-order valence-corrected chi connectivity index (χ0v) is 19.1. The lowest BCUT2D eigenvalue weighted by Crippen LogP contribution is -2.31. The third-order valence-electron chi connectivity index (χ3n) is 4.53. The van der Waals surface area contributed by atoms with Crippen LogP contribution in [0.2, 0.25) is 0 Å². The van der Waals surface area contributed by atoms with E-state index in [0.29, 0.717) is 34.6 Å². The van der Waals surface area contributed by atoms with Crippen LogP contribution in [0, 0.1) is 5.82 Å². The lowest BCUT2D eigenvalue weighted by atomic mass is 10.2. The van der Waals surface area contributed by atoms with Crippen molar-refractivity contribution in [3.63, 3.8) is 0 Å². The maximum absolute atomic E-state index is 13.4. The Bertz CT molecular complexity index is 1220. The van der Waals surface area contributed by atoms with E-state index in [1.807, 2.05) is 38.1 Å². The highest BCUT2D eigenvalue weighted by Crippen LogP contribution is 2.22. The standard InChI is InChI=1S/C22H17BrFN3O2.C2H6/c1-29-18-10-11-19-20(12-18)26-21(15-4-8-17(24)9-5-15)27(22(19)28)25-13-14-2-6-16(23)7-3-14;1-2/h2-12,25H,13H2,1H3;1-2H3. The Morgan fingerprint density at radius 3 is 2.35 bits per heavy atom. The smallest absolute Gasteiger partial charge is 0.280 e. The lowest BCUT2D eigenvalue weighted by Gasteiger charge is -2.16. The fourth-order valence-corrected chi connectivity index (χ4v) is 3.27. The summed E-state index contributed by atoms with van der Waals surface area (Å²) in [5.74, 6) is 0.649. The second kappa shape index (κ2) is 10.2. The molecule has 31 heavy (non-hydrogen) atoms. The fraction of sp³-hybridized carbons (Fsp3) is 0.167. The molecule has 3 aromatic carbocycles. The summed E-state index contributed by atoms with van der Waals surface area (Å²) in [5, 5.41) is 0.458. The predicted octanol–water partition coefficient (Wildman–Crippen LogP) is 5.74. The summed E-state index contributed by atoms with van der Waals surface area (Å²) in [6.07, 6.45) is 0. The van der Waals surface area contributed by atoms with E-state index in [4.69, 9.17) is 4.74 Å². The molecule has 1 aromatic heterocycles. The number of nitrogens with zero attached hydrogens (tertiary/aromatic N) is 2. The monoisotopic (exact) mass is 483 g/mol. The van der Waals surface area contributed by atoms with Gasteiger partial charge < -0.3 is 10.2 Å². The topological polar surface area (TPSA) is 56.1 Å². The zero-order valence-electron chi connectivity index (χ0n) is 17.5. The van der Waals surface area contributed by atoms with E-state index in [1.54, 1.807) is 37.4 Å². The van der Waals surface area contributed by atoms with Crippen LogP contribution in [0.5, 0.6) is 5.75 Å². The fourth-order valence-electron chi connectivity index (χ4n) is 3.00. The van der Waals surface area contributed by atoms with Crippen molar-refractivity contribution in [3.8, 4) is 17.1 Å². The number of aromatic nitrogens is 2. The molecule has 0 aliphatic heterocycles. The van der Waals surface area contributed by atoms with E-state index in [2.05, 4.69) is 26.3 Å². The van der Waals surface area contributed by atoms with Crippen LogP contribution in [0.25, 0.3) is 22.3 Å². The van der Waals surface area contributed by atoms with Gasteiger partial charge in [0.05, 0.1) is 24.6 Å². The van der Waals surface area contributed by atoms with Crippen LogP contribution in [0.15, 0.2) is 76.0 Å². The molecule has 0 aliphatic rings. The summed E-state index contributed by atoms with van der Waals surface area (Å²) in [5.41, 5.74) is 5.04. The zero-order chi connectivity index (χ0) is 22.4. The number of hydrogen-bond acceptors (Lipinski definition) is 4. The average Bonchev–Trinajstić information content (AvgIpc) is 2.81. The van der Waals surface area contributed by atoms with E-state index in [0.717, 1.165) is 10.0 Å². The van der Waals surface area contributed by atoms with Crippen molar-refractivity contribution in [2.24, 2.45) is 0 Å². The molecule has 4 aromatic rings. The first-order valence-corrected chi connectivity index (χ1v) is 10.7. The van der Waals surface area contributed by atoms with Crippen LogP contribution >= 0.6 is 15.9 Å². The molecule has 0 bridgehead atoms. The number of hydrogen-bond donors (Lipinski definition) is 1. The highest BCUT2D eigenvalue weighted by atomic mass is 79.9. The van der Waals surface area contributed by atoms with Gasteiger partial charge in [0.1, 0.15) is 11.6 Å². The molecule has 0 aliphatic carbocycles. The van der Waals surface area contributed by atoms with Crippen LogP contribution in [0.4, 0.5) is 4.39 Å². The summed E-state index contributed by atoms with van der Waals surface area (Å²) in [6, 6.07) is 18.8. The predicted molar refractivity (Wildman–Crippen MR) is 127 cm³/mol. The Balaban J connectivity index is 0.00000132. The van der Waals surface area contributed by atoms with Crippen molar-refractivity contribution >= 4 is 26.8 Å². The van der Waals surface area contributed by atoms with Gasteiger partial charge in [-0.3, -0.25) is 4.79 Å². The SMILES string of the molecule is CC.COc1ccc2c(=O)n(NCc3ccc(Br)cc3)c(-c3ccc(F)cc3)nc2c1. The molecule has 0 saturated carbocycles. The summed E-state index contributed by atoms with van der Waals surface area (Å²) >= 11 is 3.41. The van der Waals surface area contributed by atoms with Crippen molar-refractivity contribution in [3.05, 3.63) is 92.9 Å². The number of halogens is 2. The Morgan fingerprint density at radius 2 is 1.71 bits per heavy atom. The summed E-state index contributed by atoms with van der Waals surface area (Å²) in [4.78, 5) is 17.9. The maximum Gasteiger partial charge on any atom is 0.280 e. The number of rotatable bonds is 5. The van der Waals surface area contributed by atoms with Gasteiger partial charge >= 0.3 is 0 Å². The third-order valence-corrected chi connectivity index (χ3v) is 5.06. The molecule has 0 fully saturated rings. The van der Waals surface area contributed by atoms with Gasteiger partial charge in [-0.2, -0.15) is 0 Å². The van der Waals surface area contributed by atoms with E-state index in [1.165, 1.54) is 16.8 Å². The van der Waals surface area contributed by atoms with Crippen molar-refractivity contribution in [2.75, 3.05) is 12.5 Å². The van der Waals surface area contributed by atoms with Crippen LogP contribution in [0.3, 0.4) is 0 Å². The van der Waals surface area contributed by atoms with Crippen LogP contribution in [-0.2, 0) is 6.54 Å². The molecule has 5 nitrogen and oxygen atoms in total. The van der Waals surface area contributed by atoms with E-state index < -0.39 is 0 Å². The summed E-state index contributed by atoms with van der Waals surface area (Å²) in [7, 11) is 1.56. The number of nitrogens with one attached hydrogen (secondary N) is 1. The quantitative estimate of drug-likeness (QED) is 0.392. The molecule has 160 valence electrons. The molecule has 0 saturated heterocycles. The van der Waals surface area contributed by atoms with Gasteiger partial charge in [-0.1, -0.05) is 41.9 Å². The van der Waals surface area contributed by atoms with Crippen molar-refractivity contribution in [1.82, 2.24) is 9.66 Å². The highest BCUT2D eigenvalue weighted by molar-refractivity contribution is 9.10. The molecular formula is C24H23BrFN3O2. The van der Waals surface area contributed by atoms with Gasteiger partial charge in [-0.25, -0.2) is 14.1 Å². The molecule has 1 N–H and O–H groups in total. The van der Waals surface area contributed by atoms with Crippen LogP contribution in [-0.4, -0.2) is 16.8 Å². The molecular weight excluding hydrogens is 461 g/mol. The minimum atomic E-state index is -0.354. The van der Waals surface area contributed by atoms with Gasteiger partial charge in [0.25, 0.3) is 5.56 Å². The van der Waals surface area contributed by atoms with E-state index in [9.17, 15) is 9.18 Å². The van der Waals surface area contributed by atoms with Crippen molar-refractivity contribution < 1.29 is 9.13 Å². The van der Waals surface area contributed by atoms with Gasteiger partial charge in [0, 0.05) is 16.1 Å². The lowest BCUT2D eigenvalue weighted by molar-refractivity contribution is 0.415. The molecule has 0 spiro atoms. The van der Waals surface area contributed by atoms with Gasteiger partial charge in [0.15, 0.2) is 5.82 Å². The van der Waals surface area contributed by atoms with Crippen LogP contribution in [0.1, 0.15) is 19.4 Å². The molecule has 0 radical (unpaired) electrons. The Labute approximate surface area is 188 Å². The minimum Gasteiger partial charge on any atom is -0.497 e. The third kappa shape index (κ3) is 5.11. The minimum absolute atomic E-state index is 0.242. The van der Waals surface area contributed by atoms with Crippen LogP contribution < -0.4 is 15.7 Å². The maximum atomic E-state index is 13.4. The molecule has 4 rings (SSSR count). The normalized spacial score (nSPS) is 10.4. The Kier molecular flexibility index (Phi) is 7.41. The van der Waals surface area contributed by atoms with Crippen molar-refractivity contribution in [2.45, 2.75) is 20.4 Å². The van der Waals surface area contributed by atoms with E-state index in [-0.39, 0.29) is 11.4 Å². The first-order valence-electron chi connectivity index (χ1n) is 9.90. The second-order valence-corrected chi connectivity index (χ2v) is 7.34. The largest absolute Gasteiger partial charge is 0.497 e. The molecule has 1 heterocycles. The first-order chi connectivity index (χ1) is 15.0. The summed E-state index contributed by atoms with van der Waals surface area (Å²) < 4.78 is 21.0. The molecule has 0 amide bonds. The Morgan fingerprint density at radius 1 is 1.03 bits per heavy atom. The van der Waals surface area contributed by atoms with Crippen molar-refractivity contribution in [1.29, 1.82) is 0 Å². The summed E-state index contributed by atoms with van der Waals surface area (Å²) in [6.45, 7) is 4.42.